The van der Waals surface area contributed by atoms with E-state index in [4.69, 9.17) is 5.73 Å². The van der Waals surface area contributed by atoms with E-state index in [1.54, 1.807) is 6.33 Å². The van der Waals surface area contributed by atoms with Crippen molar-refractivity contribution in [3.63, 3.8) is 0 Å². The van der Waals surface area contributed by atoms with Crippen molar-refractivity contribution in [1.29, 1.82) is 0 Å². The normalized spacial score (nSPS) is 11.2. The summed E-state index contributed by atoms with van der Waals surface area (Å²) in [5.74, 6) is 0. The maximum atomic E-state index is 5.58. The van der Waals surface area contributed by atoms with E-state index in [1.807, 2.05) is 24.7 Å². The van der Waals surface area contributed by atoms with Gasteiger partial charge in [0.15, 0.2) is 0 Å². The summed E-state index contributed by atoms with van der Waals surface area (Å²) in [6, 6.07) is 0.204. The molecule has 0 amide bonds. The lowest BCUT2D eigenvalue weighted by Crippen LogP contribution is -2.17. The maximum absolute atomic E-state index is 5.58. The first-order chi connectivity index (χ1) is 4.68. The van der Waals surface area contributed by atoms with Crippen LogP contribution in [0.25, 0.3) is 0 Å². The van der Waals surface area contributed by atoms with Crippen LogP contribution >= 0.6 is 48.0 Å². The molecule has 1 rings (SSSR count). The Morgan fingerprint density at radius 3 is 2.50 bits per heavy atom. The van der Waals surface area contributed by atoms with Crippen LogP contribution in [0.15, 0.2) is 12.5 Å². The van der Waals surface area contributed by atoms with Gasteiger partial charge in [0.2, 0.25) is 0 Å². The van der Waals surface area contributed by atoms with Crippen molar-refractivity contribution in [2.45, 2.75) is 19.4 Å². The quantitative estimate of drug-likeness (QED) is 0.773. The zero-order valence-electron chi connectivity index (χ0n) is 7.23. The van der Waals surface area contributed by atoms with Gasteiger partial charge < -0.3 is 10.3 Å². The summed E-state index contributed by atoms with van der Waals surface area (Å²) in [5, 5.41) is 0. The first-order valence-electron chi connectivity index (χ1n) is 3.41. The molecule has 0 unspecified atom stereocenters. The molecule has 72 valence electrons. The summed E-state index contributed by atoms with van der Waals surface area (Å²) in [4.78, 5) is 4.14. The smallest absolute Gasteiger partial charge is 0.0946 e. The minimum atomic E-state index is 0. The minimum Gasteiger partial charge on any atom is -0.340 e. The molecule has 0 aromatic carbocycles. The highest BCUT2D eigenvalue weighted by Gasteiger charge is 1.98. The molecule has 2 N–H and O–H groups in total. The van der Waals surface area contributed by atoms with Crippen LogP contribution < -0.4 is 5.73 Å². The van der Waals surface area contributed by atoms with E-state index in [1.165, 1.54) is 0 Å². The predicted molar refractivity (Wildman–Crippen MR) is 71.4 cm³/mol. The van der Waals surface area contributed by atoms with Crippen molar-refractivity contribution in [3.05, 3.63) is 18.2 Å². The average molecular weight is 395 g/mol. The first-order valence-corrected chi connectivity index (χ1v) is 3.41. The van der Waals surface area contributed by atoms with Crippen LogP contribution in [0.2, 0.25) is 0 Å². The molecule has 0 aliphatic carbocycles. The van der Waals surface area contributed by atoms with E-state index < -0.39 is 0 Å². The van der Waals surface area contributed by atoms with Gasteiger partial charge in [-0.2, -0.15) is 0 Å². The fourth-order valence-electron chi connectivity index (χ4n) is 0.902. The summed E-state index contributed by atoms with van der Waals surface area (Å²) in [6.45, 7) is 1.98. The molecule has 1 aromatic rings. The standard InChI is InChI=1S/C7H13N3.2HI/c1-6(8)3-7-4-10(2)5-9-7;;/h4-6H,3,8H2,1-2H3;2*1H/t6-;;/m1../s1. The summed E-state index contributed by atoms with van der Waals surface area (Å²) in [5.41, 5.74) is 6.65. The van der Waals surface area contributed by atoms with Crippen LogP contribution in [0.1, 0.15) is 12.6 Å². The average Bonchev–Trinajstić information content (AvgIpc) is 2.13. The van der Waals surface area contributed by atoms with Crippen LogP contribution in [-0.4, -0.2) is 15.6 Å². The molecule has 3 nitrogen and oxygen atoms in total. The molecular formula is C7H15I2N3. The van der Waals surface area contributed by atoms with Crippen LogP contribution in [0, 0.1) is 0 Å². The van der Waals surface area contributed by atoms with Crippen LogP contribution in [0.3, 0.4) is 0 Å². The third-order valence-electron chi connectivity index (χ3n) is 1.29. The number of hydrogen-bond donors (Lipinski definition) is 1. The zero-order valence-corrected chi connectivity index (χ0v) is 11.9. The highest BCUT2D eigenvalue weighted by atomic mass is 127. The summed E-state index contributed by atoms with van der Waals surface area (Å²) >= 11 is 0. The number of hydrogen-bond acceptors (Lipinski definition) is 2. The maximum Gasteiger partial charge on any atom is 0.0946 e. The van der Waals surface area contributed by atoms with Crippen molar-refractivity contribution in [1.82, 2.24) is 9.55 Å². The van der Waals surface area contributed by atoms with Crippen LogP contribution in [0.4, 0.5) is 0 Å². The van der Waals surface area contributed by atoms with Crippen molar-refractivity contribution in [3.8, 4) is 0 Å². The molecule has 12 heavy (non-hydrogen) atoms. The van der Waals surface area contributed by atoms with Gasteiger partial charge in [0.25, 0.3) is 0 Å². The van der Waals surface area contributed by atoms with Gasteiger partial charge in [-0.15, -0.1) is 48.0 Å². The van der Waals surface area contributed by atoms with Crippen LogP contribution in [0.5, 0.6) is 0 Å². The molecular weight excluding hydrogens is 380 g/mol. The third kappa shape index (κ3) is 5.31. The largest absolute Gasteiger partial charge is 0.340 e. The Bertz CT molecular complexity index is 210. The van der Waals surface area contributed by atoms with E-state index in [2.05, 4.69) is 4.98 Å². The Morgan fingerprint density at radius 1 is 1.58 bits per heavy atom. The molecule has 0 saturated heterocycles. The lowest BCUT2D eigenvalue weighted by molar-refractivity contribution is 0.724. The number of rotatable bonds is 2. The van der Waals surface area contributed by atoms with Gasteiger partial charge in [0.1, 0.15) is 0 Å². The van der Waals surface area contributed by atoms with Crippen LogP contribution in [-0.2, 0) is 13.5 Å². The van der Waals surface area contributed by atoms with Crippen molar-refractivity contribution in [2.24, 2.45) is 12.8 Å². The molecule has 0 bridgehead atoms. The Labute approximate surface area is 107 Å². The lowest BCUT2D eigenvalue weighted by atomic mass is 10.2. The molecule has 0 fully saturated rings. The molecule has 1 aromatic heterocycles. The number of aromatic nitrogens is 2. The minimum absolute atomic E-state index is 0. The fraction of sp³-hybridized carbons (Fsp3) is 0.571. The monoisotopic (exact) mass is 395 g/mol. The molecule has 1 heterocycles. The number of imidazole rings is 1. The second kappa shape index (κ2) is 7.07. The van der Waals surface area contributed by atoms with Gasteiger partial charge in [-0.1, -0.05) is 0 Å². The Hall–Kier alpha value is 0.630. The molecule has 0 saturated carbocycles. The Kier molecular flexibility index (Phi) is 8.91. The van der Waals surface area contributed by atoms with Gasteiger partial charge in [0, 0.05) is 25.7 Å². The van der Waals surface area contributed by atoms with E-state index in [0.717, 1.165) is 12.1 Å². The van der Waals surface area contributed by atoms with E-state index >= 15 is 0 Å². The molecule has 0 aliphatic heterocycles. The SMILES string of the molecule is C[C@@H](N)Cc1cn(C)cn1.I.I. The number of nitrogens with two attached hydrogens (primary N) is 1. The summed E-state index contributed by atoms with van der Waals surface area (Å²) in [6.07, 6.45) is 4.64. The van der Waals surface area contributed by atoms with E-state index in [0.29, 0.717) is 0 Å². The summed E-state index contributed by atoms with van der Waals surface area (Å²) < 4.78 is 1.93. The van der Waals surface area contributed by atoms with Gasteiger partial charge >= 0.3 is 0 Å². The Morgan fingerprint density at radius 2 is 2.17 bits per heavy atom. The summed E-state index contributed by atoms with van der Waals surface area (Å²) in [7, 11) is 1.96. The van der Waals surface area contributed by atoms with E-state index in [-0.39, 0.29) is 54.0 Å². The highest BCUT2D eigenvalue weighted by molar-refractivity contribution is 14.0. The molecule has 0 radical (unpaired) electrons. The second-order valence-corrected chi connectivity index (χ2v) is 2.71. The van der Waals surface area contributed by atoms with Crippen molar-refractivity contribution >= 4 is 48.0 Å². The van der Waals surface area contributed by atoms with Crippen molar-refractivity contribution in [2.75, 3.05) is 0 Å². The van der Waals surface area contributed by atoms with Gasteiger partial charge in [-0.3, -0.25) is 0 Å². The lowest BCUT2D eigenvalue weighted by Gasteiger charge is -1.98. The number of aryl methyl sites for hydroxylation is 1. The number of nitrogens with zero attached hydrogens (tertiary/aromatic N) is 2. The molecule has 1 atom stereocenters. The Balaban J connectivity index is 0. The van der Waals surface area contributed by atoms with Crippen molar-refractivity contribution < 1.29 is 0 Å². The highest BCUT2D eigenvalue weighted by Crippen LogP contribution is 1.96. The van der Waals surface area contributed by atoms with E-state index in [9.17, 15) is 0 Å². The number of halogens is 2. The topological polar surface area (TPSA) is 43.8 Å². The van der Waals surface area contributed by atoms with Gasteiger partial charge in [-0.05, 0) is 6.92 Å². The second-order valence-electron chi connectivity index (χ2n) is 2.71. The third-order valence-corrected chi connectivity index (χ3v) is 1.29. The fourth-order valence-corrected chi connectivity index (χ4v) is 0.902. The predicted octanol–water partition coefficient (Wildman–Crippen LogP) is 1.55. The molecule has 0 spiro atoms. The van der Waals surface area contributed by atoms with Gasteiger partial charge in [0.05, 0.1) is 12.0 Å². The van der Waals surface area contributed by atoms with Gasteiger partial charge in [-0.25, -0.2) is 4.98 Å². The molecule has 5 heteroatoms. The molecule has 0 aliphatic rings. The first kappa shape index (κ1) is 15.1. The zero-order chi connectivity index (χ0) is 7.56.